The maximum Gasteiger partial charge on any atom is 0.327 e. The van der Waals surface area contributed by atoms with Crippen molar-refractivity contribution in [2.24, 2.45) is 5.92 Å². The van der Waals surface area contributed by atoms with Crippen molar-refractivity contribution in [2.75, 3.05) is 11.6 Å². The molecule has 0 aromatic heterocycles. The summed E-state index contributed by atoms with van der Waals surface area (Å²) in [4.78, 5) is 24.4. The molecule has 0 aromatic rings. The first kappa shape index (κ1) is 11.5. The van der Waals surface area contributed by atoms with Crippen LogP contribution in [-0.4, -0.2) is 39.6 Å². The summed E-state index contributed by atoms with van der Waals surface area (Å²) in [7, 11) is 0. The fraction of sp³-hybridized carbons (Fsp3) is 0.636. The predicted molar refractivity (Wildman–Crippen MR) is 62.1 cm³/mol. The Balaban J connectivity index is 1.92. The van der Waals surface area contributed by atoms with E-state index in [-0.39, 0.29) is 5.91 Å². The molecule has 1 heterocycles. The Kier molecular flexibility index (Phi) is 3.53. The zero-order valence-corrected chi connectivity index (χ0v) is 9.78. The number of rotatable bonds is 3. The third-order valence-electron chi connectivity index (χ3n) is 3.04. The molecule has 0 aromatic carbocycles. The number of carboxylic acids is 1. The van der Waals surface area contributed by atoms with Gasteiger partial charge in [-0.25, -0.2) is 4.79 Å². The van der Waals surface area contributed by atoms with Crippen LogP contribution in [0.5, 0.6) is 0 Å². The number of thioether (sulfide) groups is 1. The Labute approximate surface area is 98.7 Å². The van der Waals surface area contributed by atoms with Gasteiger partial charge in [-0.3, -0.25) is 4.79 Å². The van der Waals surface area contributed by atoms with Crippen molar-refractivity contribution in [3.05, 3.63) is 12.2 Å². The van der Waals surface area contributed by atoms with Crippen LogP contribution < -0.4 is 0 Å². The summed E-state index contributed by atoms with van der Waals surface area (Å²) in [5.74, 6) is 0.440. The van der Waals surface area contributed by atoms with Crippen LogP contribution in [0.1, 0.15) is 19.3 Å². The average molecular weight is 241 g/mol. The molecule has 1 aliphatic carbocycles. The van der Waals surface area contributed by atoms with Gasteiger partial charge in [-0.15, -0.1) is 11.8 Å². The number of carbonyl (C=O) groups excluding carboxylic acids is 1. The minimum absolute atomic E-state index is 0.0195. The minimum Gasteiger partial charge on any atom is -0.480 e. The molecule has 1 saturated heterocycles. The Bertz CT molecular complexity index is 329. The van der Waals surface area contributed by atoms with Crippen LogP contribution in [0.3, 0.4) is 0 Å². The molecule has 88 valence electrons. The highest BCUT2D eigenvalue weighted by Crippen LogP contribution is 2.26. The highest BCUT2D eigenvalue weighted by Gasteiger charge is 2.34. The zero-order valence-electron chi connectivity index (χ0n) is 8.96. The molecule has 4 nitrogen and oxygen atoms in total. The second-order valence-electron chi connectivity index (χ2n) is 4.19. The van der Waals surface area contributed by atoms with Crippen molar-refractivity contribution < 1.29 is 14.7 Å². The first-order chi connectivity index (χ1) is 7.68. The van der Waals surface area contributed by atoms with E-state index >= 15 is 0 Å². The number of hydrogen-bond acceptors (Lipinski definition) is 3. The maximum atomic E-state index is 11.9. The SMILES string of the molecule is O=C(O)[C@@H]1CSCN1C(=O)CC1C=CCC1. The Morgan fingerprint density at radius 2 is 2.31 bits per heavy atom. The topological polar surface area (TPSA) is 57.6 Å². The summed E-state index contributed by atoms with van der Waals surface area (Å²) >= 11 is 1.51. The molecule has 2 rings (SSSR count). The van der Waals surface area contributed by atoms with Crippen LogP contribution >= 0.6 is 11.8 Å². The minimum atomic E-state index is -0.889. The van der Waals surface area contributed by atoms with Crippen molar-refractivity contribution in [3.63, 3.8) is 0 Å². The van der Waals surface area contributed by atoms with E-state index in [0.717, 1.165) is 12.8 Å². The summed E-state index contributed by atoms with van der Waals surface area (Å²) in [6.07, 6.45) is 6.67. The third-order valence-corrected chi connectivity index (χ3v) is 4.05. The van der Waals surface area contributed by atoms with E-state index in [1.807, 2.05) is 0 Å². The Hall–Kier alpha value is -0.970. The van der Waals surface area contributed by atoms with Gasteiger partial charge in [0.15, 0.2) is 0 Å². The third kappa shape index (κ3) is 2.40. The molecule has 1 fully saturated rings. The molecule has 2 aliphatic rings. The van der Waals surface area contributed by atoms with Gasteiger partial charge < -0.3 is 10.0 Å². The van der Waals surface area contributed by atoms with Crippen LogP contribution in [0, 0.1) is 5.92 Å². The van der Waals surface area contributed by atoms with E-state index in [1.165, 1.54) is 16.7 Å². The molecule has 16 heavy (non-hydrogen) atoms. The second-order valence-corrected chi connectivity index (χ2v) is 5.19. The monoisotopic (exact) mass is 241 g/mol. The smallest absolute Gasteiger partial charge is 0.327 e. The van der Waals surface area contributed by atoms with Crippen molar-refractivity contribution >= 4 is 23.6 Å². The number of nitrogens with zero attached hydrogens (tertiary/aromatic N) is 1. The highest BCUT2D eigenvalue weighted by molar-refractivity contribution is 7.99. The fourth-order valence-corrected chi connectivity index (χ4v) is 3.27. The summed E-state index contributed by atoms with van der Waals surface area (Å²) in [5, 5.41) is 8.97. The van der Waals surface area contributed by atoms with E-state index in [4.69, 9.17) is 5.11 Å². The predicted octanol–water partition coefficient (Wildman–Crippen LogP) is 1.33. The van der Waals surface area contributed by atoms with Crippen LogP contribution in [0.25, 0.3) is 0 Å². The van der Waals surface area contributed by atoms with Gasteiger partial charge in [-0.2, -0.15) is 0 Å². The molecular weight excluding hydrogens is 226 g/mol. The first-order valence-corrected chi connectivity index (χ1v) is 6.60. The number of carboxylic acid groups (broad SMARTS) is 1. The zero-order chi connectivity index (χ0) is 11.5. The van der Waals surface area contributed by atoms with Gasteiger partial charge in [0.1, 0.15) is 6.04 Å². The average Bonchev–Trinajstić information content (AvgIpc) is 2.86. The molecule has 1 unspecified atom stereocenters. The maximum absolute atomic E-state index is 11.9. The highest BCUT2D eigenvalue weighted by atomic mass is 32.2. The molecule has 1 aliphatic heterocycles. The fourth-order valence-electron chi connectivity index (χ4n) is 2.10. The van der Waals surface area contributed by atoms with Gasteiger partial charge in [0.25, 0.3) is 0 Å². The summed E-state index contributed by atoms with van der Waals surface area (Å²) in [5.41, 5.74) is 0. The number of aliphatic carboxylic acids is 1. The molecule has 0 bridgehead atoms. The van der Waals surface area contributed by atoms with Crippen molar-refractivity contribution in [3.8, 4) is 0 Å². The number of allylic oxidation sites excluding steroid dienone is 2. The van der Waals surface area contributed by atoms with Crippen molar-refractivity contribution in [1.29, 1.82) is 0 Å². The van der Waals surface area contributed by atoms with Gasteiger partial charge >= 0.3 is 5.97 Å². The van der Waals surface area contributed by atoms with Gasteiger partial charge in [-0.05, 0) is 18.8 Å². The van der Waals surface area contributed by atoms with Gasteiger partial charge in [-0.1, -0.05) is 12.2 Å². The summed E-state index contributed by atoms with van der Waals surface area (Å²) < 4.78 is 0. The molecule has 1 amide bonds. The number of carbonyl (C=O) groups is 2. The largest absolute Gasteiger partial charge is 0.480 e. The van der Waals surface area contributed by atoms with Gasteiger partial charge in [0, 0.05) is 12.2 Å². The molecule has 1 N–H and O–H groups in total. The molecule has 0 saturated carbocycles. The van der Waals surface area contributed by atoms with Crippen LogP contribution in [0.4, 0.5) is 0 Å². The normalized spacial score (nSPS) is 28.6. The molecule has 2 atom stereocenters. The molecule has 0 spiro atoms. The van der Waals surface area contributed by atoms with E-state index in [0.29, 0.717) is 24.0 Å². The van der Waals surface area contributed by atoms with E-state index < -0.39 is 12.0 Å². The quantitative estimate of drug-likeness (QED) is 0.757. The van der Waals surface area contributed by atoms with Crippen LogP contribution in [0.2, 0.25) is 0 Å². The van der Waals surface area contributed by atoms with E-state index in [2.05, 4.69) is 12.2 Å². The van der Waals surface area contributed by atoms with Crippen molar-refractivity contribution in [1.82, 2.24) is 4.90 Å². The summed E-state index contributed by atoms with van der Waals surface area (Å²) in [6, 6.07) is -0.622. The van der Waals surface area contributed by atoms with E-state index in [1.54, 1.807) is 0 Å². The molecule has 0 radical (unpaired) electrons. The second kappa shape index (κ2) is 4.91. The lowest BCUT2D eigenvalue weighted by Crippen LogP contribution is -2.42. The van der Waals surface area contributed by atoms with Gasteiger partial charge in [0.2, 0.25) is 5.91 Å². The Morgan fingerprint density at radius 1 is 1.50 bits per heavy atom. The molecule has 5 heteroatoms. The van der Waals surface area contributed by atoms with Gasteiger partial charge in [0.05, 0.1) is 5.88 Å². The van der Waals surface area contributed by atoms with E-state index in [9.17, 15) is 9.59 Å². The van der Waals surface area contributed by atoms with Crippen molar-refractivity contribution in [2.45, 2.75) is 25.3 Å². The lowest BCUT2D eigenvalue weighted by molar-refractivity contribution is -0.148. The number of hydrogen-bond donors (Lipinski definition) is 1. The standard InChI is InChI=1S/C11H15NO3S/c13-10(5-8-3-1-2-4-8)12-7-16-6-9(12)11(14)15/h1,3,8-9H,2,4-7H2,(H,14,15)/t8?,9-/m0/s1. The first-order valence-electron chi connectivity index (χ1n) is 5.45. The Morgan fingerprint density at radius 3 is 2.94 bits per heavy atom. The summed E-state index contributed by atoms with van der Waals surface area (Å²) in [6.45, 7) is 0. The number of amides is 1. The van der Waals surface area contributed by atoms with Crippen LogP contribution in [-0.2, 0) is 9.59 Å². The van der Waals surface area contributed by atoms with Crippen LogP contribution in [0.15, 0.2) is 12.2 Å². The molecular formula is C11H15NO3S. The lowest BCUT2D eigenvalue weighted by atomic mass is 10.0. The lowest BCUT2D eigenvalue weighted by Gasteiger charge is -2.21.